The zero-order chi connectivity index (χ0) is 20.9. The van der Waals surface area contributed by atoms with Crippen LogP contribution in [-0.2, 0) is 16.2 Å². The van der Waals surface area contributed by atoms with Gasteiger partial charge in [0.15, 0.2) is 6.10 Å². The van der Waals surface area contributed by atoms with Crippen LogP contribution in [0.25, 0.3) is 0 Å². The monoisotopic (exact) mass is 408 g/mol. The highest BCUT2D eigenvalue weighted by atomic mass is 16.6. The van der Waals surface area contributed by atoms with Gasteiger partial charge in [-0.2, -0.15) is 0 Å². The highest BCUT2D eigenvalue weighted by Gasteiger charge is 2.33. The molecule has 0 aromatic heterocycles. The molecule has 6 heteroatoms. The van der Waals surface area contributed by atoms with E-state index in [-0.39, 0.29) is 17.9 Å². The van der Waals surface area contributed by atoms with Gasteiger partial charge in [0.25, 0.3) is 0 Å². The van der Waals surface area contributed by atoms with Crippen LogP contribution in [0.2, 0.25) is 0 Å². The average molecular weight is 408 g/mol. The van der Waals surface area contributed by atoms with Crippen LogP contribution in [0, 0.1) is 5.92 Å². The third-order valence-corrected chi connectivity index (χ3v) is 5.85. The lowest BCUT2D eigenvalue weighted by Crippen LogP contribution is -2.42. The number of carbonyl (C=O) groups excluding carboxylic acids is 1. The molecule has 1 aliphatic carbocycles. The second-order valence-corrected chi connectivity index (χ2v) is 7.87. The van der Waals surface area contributed by atoms with Crippen LogP contribution >= 0.6 is 0 Å². The minimum atomic E-state index is -0.167. The van der Waals surface area contributed by atoms with Crippen LogP contribution < -0.4 is 9.47 Å². The number of benzene rings is 2. The van der Waals surface area contributed by atoms with E-state index in [0.29, 0.717) is 19.5 Å². The van der Waals surface area contributed by atoms with Gasteiger partial charge in [-0.1, -0.05) is 35.8 Å². The van der Waals surface area contributed by atoms with Gasteiger partial charge in [-0.15, -0.1) is 0 Å². The average Bonchev–Trinajstić information content (AvgIpc) is 3.20. The van der Waals surface area contributed by atoms with E-state index in [1.807, 2.05) is 53.4 Å². The first kappa shape index (κ1) is 20.3. The molecule has 0 spiro atoms. The number of amides is 1. The minimum absolute atomic E-state index is 0.131. The minimum Gasteiger partial charge on any atom is -0.497 e. The molecule has 1 saturated carbocycles. The predicted octanol–water partition coefficient (Wildman–Crippen LogP) is 4.03. The lowest BCUT2D eigenvalue weighted by Gasteiger charge is -2.32. The summed E-state index contributed by atoms with van der Waals surface area (Å²) in [6.45, 7) is 1.05. The highest BCUT2D eigenvalue weighted by molar-refractivity contribution is 6.03. The number of carbonyl (C=O) groups is 1. The fourth-order valence-electron chi connectivity index (χ4n) is 3.95. The van der Waals surface area contributed by atoms with E-state index in [2.05, 4.69) is 5.16 Å². The van der Waals surface area contributed by atoms with Crippen LogP contribution in [0.15, 0.2) is 53.7 Å². The number of oxime groups is 1. The topological polar surface area (TPSA) is 60.4 Å². The standard InChI is InChI=1S/C24H28N2O4/c1-28-19-10-5-7-17(13-19)15-26(24(27)18-8-6-9-18)16-20-14-22(25-30-20)21-11-3-4-12-23(21)29-2/h3-5,7,10-13,18,20H,6,8-9,14-16H2,1-2H3/t20-/m0/s1. The summed E-state index contributed by atoms with van der Waals surface area (Å²) in [5.74, 6) is 1.91. The van der Waals surface area contributed by atoms with Gasteiger partial charge >= 0.3 is 0 Å². The summed E-state index contributed by atoms with van der Waals surface area (Å²) in [4.78, 5) is 20.8. The molecular formula is C24H28N2O4. The Morgan fingerprint density at radius 1 is 1.13 bits per heavy atom. The van der Waals surface area contributed by atoms with Crippen molar-refractivity contribution in [2.75, 3.05) is 20.8 Å². The molecule has 2 aromatic rings. The fraction of sp³-hybridized carbons (Fsp3) is 0.417. The van der Waals surface area contributed by atoms with Crippen LogP contribution in [-0.4, -0.2) is 43.4 Å². The van der Waals surface area contributed by atoms with Crippen molar-refractivity contribution >= 4 is 11.6 Å². The molecule has 0 radical (unpaired) electrons. The molecular weight excluding hydrogens is 380 g/mol. The van der Waals surface area contributed by atoms with Gasteiger partial charge < -0.3 is 19.2 Å². The molecule has 1 fully saturated rings. The number of hydrogen-bond acceptors (Lipinski definition) is 5. The lowest BCUT2D eigenvalue weighted by molar-refractivity contribution is -0.140. The van der Waals surface area contributed by atoms with Crippen molar-refractivity contribution in [2.24, 2.45) is 11.1 Å². The molecule has 0 N–H and O–H groups in total. The fourth-order valence-corrected chi connectivity index (χ4v) is 3.95. The molecule has 1 heterocycles. The Morgan fingerprint density at radius 2 is 1.97 bits per heavy atom. The molecule has 2 aromatic carbocycles. The Bertz CT molecular complexity index is 923. The number of ether oxygens (including phenoxy) is 2. The van der Waals surface area contributed by atoms with Crippen molar-refractivity contribution in [2.45, 2.75) is 38.3 Å². The zero-order valence-electron chi connectivity index (χ0n) is 17.5. The van der Waals surface area contributed by atoms with E-state index in [0.717, 1.165) is 47.6 Å². The lowest BCUT2D eigenvalue weighted by atomic mass is 9.84. The molecule has 4 rings (SSSR count). The van der Waals surface area contributed by atoms with Gasteiger partial charge in [0.1, 0.15) is 11.5 Å². The second-order valence-electron chi connectivity index (χ2n) is 7.87. The maximum atomic E-state index is 13.1. The zero-order valence-corrected chi connectivity index (χ0v) is 17.5. The molecule has 1 aliphatic heterocycles. The summed E-state index contributed by atoms with van der Waals surface area (Å²) < 4.78 is 10.8. The summed E-state index contributed by atoms with van der Waals surface area (Å²) in [6, 6.07) is 15.7. The number of hydrogen-bond donors (Lipinski definition) is 0. The summed E-state index contributed by atoms with van der Waals surface area (Å²) in [7, 11) is 3.30. The van der Waals surface area contributed by atoms with Gasteiger partial charge in [-0.05, 0) is 42.7 Å². The number of nitrogens with zero attached hydrogens (tertiary/aromatic N) is 2. The Kier molecular flexibility index (Phi) is 6.21. The predicted molar refractivity (Wildman–Crippen MR) is 115 cm³/mol. The summed E-state index contributed by atoms with van der Waals surface area (Å²) >= 11 is 0. The van der Waals surface area contributed by atoms with Gasteiger partial charge in [0.2, 0.25) is 5.91 Å². The quantitative estimate of drug-likeness (QED) is 0.662. The van der Waals surface area contributed by atoms with Crippen LogP contribution in [0.5, 0.6) is 11.5 Å². The molecule has 1 amide bonds. The van der Waals surface area contributed by atoms with Crippen molar-refractivity contribution in [3.05, 3.63) is 59.7 Å². The van der Waals surface area contributed by atoms with Crippen LogP contribution in [0.3, 0.4) is 0 Å². The van der Waals surface area contributed by atoms with Crippen molar-refractivity contribution < 1.29 is 19.1 Å². The first-order valence-electron chi connectivity index (χ1n) is 10.5. The molecule has 30 heavy (non-hydrogen) atoms. The number of para-hydroxylation sites is 1. The number of methoxy groups -OCH3 is 2. The van der Waals surface area contributed by atoms with E-state index in [1.54, 1.807) is 14.2 Å². The maximum absolute atomic E-state index is 13.1. The van der Waals surface area contributed by atoms with Gasteiger partial charge in [0.05, 0.1) is 26.5 Å². The number of rotatable bonds is 8. The third-order valence-electron chi connectivity index (χ3n) is 5.85. The van der Waals surface area contributed by atoms with Gasteiger partial charge in [-0.3, -0.25) is 4.79 Å². The molecule has 0 bridgehead atoms. The normalized spacial score (nSPS) is 18.2. The smallest absolute Gasteiger partial charge is 0.226 e. The van der Waals surface area contributed by atoms with Crippen molar-refractivity contribution in [1.82, 2.24) is 4.90 Å². The largest absolute Gasteiger partial charge is 0.497 e. The van der Waals surface area contributed by atoms with Crippen molar-refractivity contribution in [1.29, 1.82) is 0 Å². The Hall–Kier alpha value is -3.02. The molecule has 158 valence electrons. The van der Waals surface area contributed by atoms with E-state index in [9.17, 15) is 4.79 Å². The second kappa shape index (κ2) is 9.20. The summed E-state index contributed by atoms with van der Waals surface area (Å²) in [5, 5.41) is 4.30. The molecule has 6 nitrogen and oxygen atoms in total. The summed E-state index contributed by atoms with van der Waals surface area (Å²) in [5.41, 5.74) is 2.84. The highest BCUT2D eigenvalue weighted by Crippen LogP contribution is 2.30. The molecule has 2 aliphatic rings. The van der Waals surface area contributed by atoms with E-state index >= 15 is 0 Å². The SMILES string of the molecule is COc1cccc(CN(C[C@@H]2CC(c3ccccc3OC)=NO2)C(=O)C2CCC2)c1. The third kappa shape index (κ3) is 4.42. The van der Waals surface area contributed by atoms with Gasteiger partial charge in [-0.25, -0.2) is 0 Å². The van der Waals surface area contributed by atoms with Crippen molar-refractivity contribution in [3.63, 3.8) is 0 Å². The van der Waals surface area contributed by atoms with E-state index < -0.39 is 0 Å². The van der Waals surface area contributed by atoms with Crippen LogP contribution in [0.1, 0.15) is 36.8 Å². The summed E-state index contributed by atoms with van der Waals surface area (Å²) in [6.07, 6.45) is 3.56. The Labute approximate surface area is 177 Å². The van der Waals surface area contributed by atoms with Crippen molar-refractivity contribution in [3.8, 4) is 11.5 Å². The first-order chi connectivity index (χ1) is 14.7. The molecule has 0 saturated heterocycles. The first-order valence-corrected chi connectivity index (χ1v) is 10.5. The van der Waals surface area contributed by atoms with E-state index in [4.69, 9.17) is 14.3 Å². The Balaban J connectivity index is 1.46. The van der Waals surface area contributed by atoms with E-state index in [1.165, 1.54) is 0 Å². The maximum Gasteiger partial charge on any atom is 0.226 e. The molecule has 1 atom stereocenters. The molecule has 0 unspecified atom stereocenters. The Morgan fingerprint density at radius 3 is 2.70 bits per heavy atom. The van der Waals surface area contributed by atoms with Gasteiger partial charge in [0, 0.05) is 24.4 Å². The van der Waals surface area contributed by atoms with Crippen LogP contribution in [0.4, 0.5) is 0 Å².